The van der Waals surface area contributed by atoms with Crippen molar-refractivity contribution in [3.63, 3.8) is 0 Å². The second-order valence-corrected chi connectivity index (χ2v) is 8.93. The first-order valence-corrected chi connectivity index (χ1v) is 11.6. The highest BCUT2D eigenvalue weighted by Crippen LogP contribution is 2.26. The minimum atomic E-state index is -3.66. The van der Waals surface area contributed by atoms with Gasteiger partial charge in [-0.3, -0.25) is 9.10 Å². The Balaban J connectivity index is 2.07. The molecule has 2 aromatic carbocycles. The molecule has 0 aliphatic rings. The van der Waals surface area contributed by atoms with Gasteiger partial charge in [-0.15, -0.1) is 0 Å². The Hall–Kier alpha value is -2.54. The lowest BCUT2D eigenvalue weighted by Crippen LogP contribution is -2.49. The highest BCUT2D eigenvalue weighted by molar-refractivity contribution is 7.92. The highest BCUT2D eigenvalue weighted by Gasteiger charge is 2.31. The molecule has 0 fully saturated rings. The molecule has 0 unspecified atom stereocenters. The number of hydrogen-bond donors (Lipinski definition) is 1. The molecule has 0 aromatic heterocycles. The summed E-state index contributed by atoms with van der Waals surface area (Å²) in [6.45, 7) is 4.34. The summed E-state index contributed by atoms with van der Waals surface area (Å²) >= 11 is 0. The molecule has 0 aliphatic heterocycles. The zero-order valence-electron chi connectivity index (χ0n) is 17.5. The van der Waals surface area contributed by atoms with E-state index < -0.39 is 16.1 Å². The molecule has 1 amide bonds. The van der Waals surface area contributed by atoms with Crippen molar-refractivity contribution in [1.29, 1.82) is 0 Å². The van der Waals surface area contributed by atoms with Crippen molar-refractivity contribution in [3.8, 4) is 5.75 Å². The first kappa shape index (κ1) is 22.7. The molecule has 0 saturated carbocycles. The van der Waals surface area contributed by atoms with Gasteiger partial charge >= 0.3 is 0 Å². The van der Waals surface area contributed by atoms with Crippen LogP contribution in [0.25, 0.3) is 0 Å². The van der Waals surface area contributed by atoms with Gasteiger partial charge < -0.3 is 10.1 Å². The number of nitrogens with zero attached hydrogens (tertiary/aromatic N) is 1. The van der Waals surface area contributed by atoms with Crippen LogP contribution in [0.4, 0.5) is 5.69 Å². The lowest BCUT2D eigenvalue weighted by Gasteiger charge is -2.30. The number of carbonyl (C=O) groups excluding carboxylic acids is 1. The maximum atomic E-state index is 12.8. The van der Waals surface area contributed by atoms with Crippen LogP contribution in [0.1, 0.15) is 30.9 Å². The number of hydrogen-bond acceptors (Lipinski definition) is 4. The van der Waals surface area contributed by atoms with Gasteiger partial charge in [-0.25, -0.2) is 8.42 Å². The number of amides is 1. The highest BCUT2D eigenvalue weighted by atomic mass is 32.2. The second kappa shape index (κ2) is 10.3. The Morgan fingerprint density at radius 2 is 1.90 bits per heavy atom. The van der Waals surface area contributed by atoms with Crippen LogP contribution >= 0.6 is 0 Å². The molecule has 29 heavy (non-hydrogen) atoms. The largest absolute Gasteiger partial charge is 0.497 e. The Labute approximate surface area is 173 Å². The maximum Gasteiger partial charge on any atom is 0.243 e. The molecule has 2 aromatic rings. The molecule has 6 nitrogen and oxygen atoms in total. The van der Waals surface area contributed by atoms with E-state index in [9.17, 15) is 13.2 Å². The summed E-state index contributed by atoms with van der Waals surface area (Å²) in [5.41, 5.74) is 2.84. The van der Waals surface area contributed by atoms with E-state index in [2.05, 4.69) is 30.4 Å². The molecule has 0 heterocycles. The first-order valence-electron chi connectivity index (χ1n) is 9.73. The van der Waals surface area contributed by atoms with Gasteiger partial charge in [0.2, 0.25) is 15.9 Å². The quantitative estimate of drug-likeness (QED) is 0.601. The molecule has 0 bridgehead atoms. The van der Waals surface area contributed by atoms with Crippen LogP contribution in [-0.4, -0.2) is 40.3 Å². The van der Waals surface area contributed by atoms with Crippen molar-refractivity contribution >= 4 is 21.6 Å². The van der Waals surface area contributed by atoms with Crippen molar-refractivity contribution in [2.75, 3.05) is 24.2 Å². The Bertz CT molecular complexity index is 928. The third-order valence-electron chi connectivity index (χ3n) is 4.66. The maximum absolute atomic E-state index is 12.8. The number of nitrogens with one attached hydrogen (secondary N) is 1. The fraction of sp³-hybridized carbons (Fsp3) is 0.409. The second-order valence-electron chi connectivity index (χ2n) is 7.07. The summed E-state index contributed by atoms with van der Waals surface area (Å²) in [5, 5.41) is 2.89. The van der Waals surface area contributed by atoms with Gasteiger partial charge in [-0.05, 0) is 43.9 Å². The lowest BCUT2D eigenvalue weighted by atomic mass is 10.1. The average Bonchev–Trinajstić information content (AvgIpc) is 2.68. The number of carbonyl (C=O) groups is 1. The molecule has 1 atom stereocenters. The van der Waals surface area contributed by atoms with Gasteiger partial charge in [-0.1, -0.05) is 42.8 Å². The fourth-order valence-corrected chi connectivity index (χ4v) is 4.50. The van der Waals surface area contributed by atoms with Gasteiger partial charge in [0.15, 0.2) is 0 Å². The number of ether oxygens (including phenoxy) is 1. The van der Waals surface area contributed by atoms with E-state index in [1.54, 1.807) is 31.2 Å². The summed E-state index contributed by atoms with van der Waals surface area (Å²) in [5.74, 6) is 0.231. The predicted molar refractivity (Wildman–Crippen MR) is 117 cm³/mol. The van der Waals surface area contributed by atoms with E-state index in [1.807, 2.05) is 6.07 Å². The zero-order valence-corrected chi connectivity index (χ0v) is 18.3. The normalized spacial score (nSPS) is 12.3. The molecule has 0 radical (unpaired) electrons. The number of anilines is 1. The summed E-state index contributed by atoms with van der Waals surface area (Å²) in [6, 6.07) is 14.2. The molecule has 0 aliphatic carbocycles. The average molecular weight is 419 g/mol. The summed E-state index contributed by atoms with van der Waals surface area (Å²) in [4.78, 5) is 12.8. The monoisotopic (exact) mass is 418 g/mol. The fourth-order valence-electron chi connectivity index (χ4n) is 3.30. The van der Waals surface area contributed by atoms with E-state index in [-0.39, 0.29) is 5.91 Å². The smallest absolute Gasteiger partial charge is 0.243 e. The molecule has 0 saturated heterocycles. The number of benzene rings is 2. The van der Waals surface area contributed by atoms with Crippen molar-refractivity contribution in [1.82, 2.24) is 5.32 Å². The van der Waals surface area contributed by atoms with Crippen LogP contribution in [0.15, 0.2) is 48.5 Å². The summed E-state index contributed by atoms with van der Waals surface area (Å²) in [6.07, 6.45) is 3.10. The van der Waals surface area contributed by atoms with Crippen molar-refractivity contribution in [2.24, 2.45) is 0 Å². The van der Waals surface area contributed by atoms with E-state index in [1.165, 1.54) is 22.5 Å². The van der Waals surface area contributed by atoms with Crippen LogP contribution in [0.2, 0.25) is 0 Å². The third kappa shape index (κ3) is 6.49. The SMILES string of the molecule is CC[C@@H](C(=O)NCCCc1cccc(C)c1)N(c1cccc(OC)c1)S(C)(=O)=O. The van der Waals surface area contributed by atoms with Crippen molar-refractivity contribution in [2.45, 2.75) is 39.2 Å². The van der Waals surface area contributed by atoms with E-state index in [0.717, 1.165) is 19.1 Å². The van der Waals surface area contributed by atoms with Crippen LogP contribution < -0.4 is 14.4 Å². The number of aryl methyl sites for hydroxylation is 2. The summed E-state index contributed by atoms with van der Waals surface area (Å²) in [7, 11) is -2.14. The molecular weight excluding hydrogens is 388 g/mol. The van der Waals surface area contributed by atoms with Gasteiger partial charge in [0, 0.05) is 12.6 Å². The van der Waals surface area contributed by atoms with Crippen LogP contribution in [0.5, 0.6) is 5.75 Å². The van der Waals surface area contributed by atoms with E-state index >= 15 is 0 Å². The number of methoxy groups -OCH3 is 1. The van der Waals surface area contributed by atoms with Crippen LogP contribution in [0, 0.1) is 6.92 Å². The molecule has 7 heteroatoms. The minimum Gasteiger partial charge on any atom is -0.497 e. The molecule has 2 rings (SSSR count). The van der Waals surface area contributed by atoms with Gasteiger partial charge in [0.05, 0.1) is 19.1 Å². The van der Waals surface area contributed by atoms with E-state index in [0.29, 0.717) is 24.4 Å². The number of sulfonamides is 1. The standard InChI is InChI=1S/C22H30N2O4S/c1-5-21(22(25)23-14-8-11-18-10-6-9-17(2)15-18)24(29(4,26)27)19-12-7-13-20(16-19)28-3/h6-7,9-10,12-13,15-16,21H,5,8,11,14H2,1-4H3,(H,23,25)/t21-/m0/s1. The molecular formula is C22H30N2O4S. The molecule has 158 valence electrons. The molecule has 1 N–H and O–H groups in total. The minimum absolute atomic E-state index is 0.301. The summed E-state index contributed by atoms with van der Waals surface area (Å²) < 4.78 is 31.3. The molecule has 0 spiro atoms. The van der Waals surface area contributed by atoms with Crippen LogP contribution in [-0.2, 0) is 21.2 Å². The Morgan fingerprint density at radius 1 is 1.17 bits per heavy atom. The Kier molecular flexibility index (Phi) is 8.08. The van der Waals surface area contributed by atoms with Gasteiger partial charge in [0.1, 0.15) is 11.8 Å². The Morgan fingerprint density at radius 3 is 2.52 bits per heavy atom. The van der Waals surface area contributed by atoms with Gasteiger partial charge in [0.25, 0.3) is 0 Å². The number of rotatable bonds is 10. The van der Waals surface area contributed by atoms with Gasteiger partial charge in [-0.2, -0.15) is 0 Å². The predicted octanol–water partition coefficient (Wildman–Crippen LogP) is 3.30. The van der Waals surface area contributed by atoms with Crippen LogP contribution in [0.3, 0.4) is 0 Å². The third-order valence-corrected chi connectivity index (χ3v) is 5.84. The lowest BCUT2D eigenvalue weighted by molar-refractivity contribution is -0.122. The first-order chi connectivity index (χ1) is 13.8. The zero-order chi connectivity index (χ0) is 21.4. The topological polar surface area (TPSA) is 75.7 Å². The van der Waals surface area contributed by atoms with Crippen molar-refractivity contribution in [3.05, 3.63) is 59.7 Å². The van der Waals surface area contributed by atoms with Crippen molar-refractivity contribution < 1.29 is 17.9 Å². The van der Waals surface area contributed by atoms with E-state index in [4.69, 9.17) is 4.74 Å².